The van der Waals surface area contributed by atoms with Crippen molar-refractivity contribution >= 4 is 16.5 Å². The number of pyridine rings is 1. The van der Waals surface area contributed by atoms with Crippen LogP contribution in [0.25, 0.3) is 21.9 Å². The monoisotopic (exact) mass is 303 g/mol. The van der Waals surface area contributed by atoms with Crippen molar-refractivity contribution in [1.82, 2.24) is 4.98 Å². The van der Waals surface area contributed by atoms with Crippen molar-refractivity contribution < 1.29 is 4.74 Å². The highest BCUT2D eigenvalue weighted by Crippen LogP contribution is 2.32. The van der Waals surface area contributed by atoms with Gasteiger partial charge in [0.05, 0.1) is 12.7 Å². The molecule has 0 aliphatic carbocycles. The summed E-state index contributed by atoms with van der Waals surface area (Å²) in [7, 11) is 0. The lowest BCUT2D eigenvalue weighted by Gasteiger charge is -2.10. The SMILES string of the molecule is N#CCCCOc1ccc(-c2ccc(N)c3ccccc23)cn1. The summed E-state index contributed by atoms with van der Waals surface area (Å²) in [5.74, 6) is 0.575. The number of unbranched alkanes of at least 4 members (excludes halogenated alkanes) is 1. The Morgan fingerprint density at radius 1 is 1.04 bits per heavy atom. The molecule has 3 rings (SSSR count). The fourth-order valence-corrected chi connectivity index (χ4v) is 2.53. The Morgan fingerprint density at radius 2 is 1.87 bits per heavy atom. The number of hydrogen-bond acceptors (Lipinski definition) is 4. The molecular weight excluding hydrogens is 286 g/mol. The lowest BCUT2D eigenvalue weighted by molar-refractivity contribution is 0.301. The molecule has 0 amide bonds. The van der Waals surface area contributed by atoms with Gasteiger partial charge in [0.25, 0.3) is 0 Å². The number of fused-ring (bicyclic) bond motifs is 1. The summed E-state index contributed by atoms with van der Waals surface area (Å²) in [5, 5.41) is 10.7. The quantitative estimate of drug-likeness (QED) is 0.567. The Bertz CT molecular complexity index is 851. The van der Waals surface area contributed by atoms with E-state index in [1.165, 1.54) is 0 Å². The van der Waals surface area contributed by atoms with E-state index in [1.54, 1.807) is 6.20 Å². The van der Waals surface area contributed by atoms with Crippen LogP contribution in [0.3, 0.4) is 0 Å². The van der Waals surface area contributed by atoms with Gasteiger partial charge < -0.3 is 10.5 Å². The molecule has 0 saturated heterocycles. The summed E-state index contributed by atoms with van der Waals surface area (Å²) in [6.45, 7) is 0.505. The third-order valence-corrected chi connectivity index (χ3v) is 3.69. The molecule has 2 N–H and O–H groups in total. The Morgan fingerprint density at radius 3 is 2.61 bits per heavy atom. The Labute approximate surface area is 135 Å². The van der Waals surface area contributed by atoms with Crippen LogP contribution in [0.1, 0.15) is 12.8 Å². The minimum absolute atomic E-state index is 0.496. The van der Waals surface area contributed by atoms with E-state index in [2.05, 4.69) is 17.1 Å². The molecular formula is C19H17N3O. The number of anilines is 1. The van der Waals surface area contributed by atoms with Gasteiger partial charge in [0.1, 0.15) is 0 Å². The topological polar surface area (TPSA) is 71.9 Å². The average molecular weight is 303 g/mol. The fraction of sp³-hybridized carbons (Fsp3) is 0.158. The first-order chi connectivity index (χ1) is 11.3. The predicted octanol–water partition coefficient (Wildman–Crippen LogP) is 4.17. The van der Waals surface area contributed by atoms with Crippen LogP contribution in [0, 0.1) is 11.3 Å². The van der Waals surface area contributed by atoms with Crippen molar-refractivity contribution in [2.45, 2.75) is 12.8 Å². The summed E-state index contributed by atoms with van der Waals surface area (Å²) in [5.41, 5.74) is 8.94. The van der Waals surface area contributed by atoms with Crippen LogP contribution < -0.4 is 10.5 Å². The number of hydrogen-bond donors (Lipinski definition) is 1. The highest BCUT2D eigenvalue weighted by molar-refractivity contribution is 6.02. The first kappa shape index (κ1) is 14.9. The molecule has 2 aromatic carbocycles. The maximum absolute atomic E-state index is 8.50. The van der Waals surface area contributed by atoms with E-state index >= 15 is 0 Å². The summed E-state index contributed by atoms with van der Waals surface area (Å²) < 4.78 is 5.52. The summed E-state index contributed by atoms with van der Waals surface area (Å²) in [6, 6.07) is 18.0. The molecule has 4 nitrogen and oxygen atoms in total. The number of nitrogens with two attached hydrogens (primary N) is 1. The standard InChI is InChI=1S/C19H17N3O/c20-11-3-4-12-23-19-10-7-14(13-22-19)15-8-9-18(21)17-6-2-1-5-16(15)17/h1-2,5-10,13H,3-4,12,21H2. The molecule has 0 saturated carbocycles. The molecule has 0 spiro atoms. The smallest absolute Gasteiger partial charge is 0.213 e. The van der Waals surface area contributed by atoms with Gasteiger partial charge in [-0.1, -0.05) is 30.3 Å². The molecule has 1 aromatic heterocycles. The zero-order valence-corrected chi connectivity index (χ0v) is 12.7. The van der Waals surface area contributed by atoms with Crippen LogP contribution in [0.5, 0.6) is 5.88 Å². The van der Waals surface area contributed by atoms with E-state index in [0.717, 1.165) is 27.6 Å². The van der Waals surface area contributed by atoms with Crippen LogP contribution >= 0.6 is 0 Å². The van der Waals surface area contributed by atoms with Crippen molar-refractivity contribution in [3.63, 3.8) is 0 Å². The van der Waals surface area contributed by atoms with Gasteiger partial charge in [0.15, 0.2) is 0 Å². The number of nitriles is 1. The third kappa shape index (κ3) is 3.24. The second kappa shape index (κ2) is 6.80. The number of nitrogens with zero attached hydrogens (tertiary/aromatic N) is 2. The maximum Gasteiger partial charge on any atom is 0.213 e. The zero-order valence-electron chi connectivity index (χ0n) is 12.7. The van der Waals surface area contributed by atoms with Gasteiger partial charge in [-0.05, 0) is 29.5 Å². The number of aromatic nitrogens is 1. The van der Waals surface area contributed by atoms with Crippen molar-refractivity contribution in [2.24, 2.45) is 0 Å². The fourth-order valence-electron chi connectivity index (χ4n) is 2.53. The predicted molar refractivity (Wildman–Crippen MR) is 91.9 cm³/mol. The molecule has 0 atom stereocenters. The van der Waals surface area contributed by atoms with Gasteiger partial charge in [0, 0.05) is 35.3 Å². The first-order valence-electron chi connectivity index (χ1n) is 7.53. The normalized spacial score (nSPS) is 10.4. The van der Waals surface area contributed by atoms with Gasteiger partial charge in [-0.25, -0.2) is 4.98 Å². The summed E-state index contributed by atoms with van der Waals surface area (Å²) >= 11 is 0. The first-order valence-corrected chi connectivity index (χ1v) is 7.53. The number of ether oxygens (including phenoxy) is 1. The second-order valence-electron chi connectivity index (χ2n) is 5.24. The maximum atomic E-state index is 8.50. The molecule has 0 radical (unpaired) electrons. The minimum atomic E-state index is 0.496. The molecule has 114 valence electrons. The van der Waals surface area contributed by atoms with E-state index in [-0.39, 0.29) is 0 Å². The van der Waals surface area contributed by atoms with Crippen molar-refractivity contribution in [2.75, 3.05) is 12.3 Å². The molecule has 0 fully saturated rings. The average Bonchev–Trinajstić information content (AvgIpc) is 2.60. The molecule has 3 aromatic rings. The van der Waals surface area contributed by atoms with Gasteiger partial charge in [0.2, 0.25) is 5.88 Å². The molecule has 0 aliphatic rings. The Kier molecular flexibility index (Phi) is 4.39. The third-order valence-electron chi connectivity index (χ3n) is 3.69. The van der Waals surface area contributed by atoms with Gasteiger partial charge in [-0.3, -0.25) is 0 Å². The molecule has 1 heterocycles. The van der Waals surface area contributed by atoms with E-state index in [0.29, 0.717) is 25.3 Å². The minimum Gasteiger partial charge on any atom is -0.478 e. The van der Waals surface area contributed by atoms with Crippen LogP contribution in [0.15, 0.2) is 54.7 Å². The van der Waals surface area contributed by atoms with Crippen molar-refractivity contribution in [1.29, 1.82) is 5.26 Å². The molecule has 4 heteroatoms. The summed E-state index contributed by atoms with van der Waals surface area (Å²) in [4.78, 5) is 4.35. The van der Waals surface area contributed by atoms with E-state index in [4.69, 9.17) is 15.7 Å². The van der Waals surface area contributed by atoms with Gasteiger partial charge in [-0.2, -0.15) is 5.26 Å². The molecule has 0 bridgehead atoms. The van der Waals surface area contributed by atoms with Crippen molar-refractivity contribution in [3.05, 3.63) is 54.7 Å². The van der Waals surface area contributed by atoms with E-state index in [1.807, 2.05) is 42.5 Å². The highest BCUT2D eigenvalue weighted by Gasteiger charge is 2.06. The highest BCUT2D eigenvalue weighted by atomic mass is 16.5. The number of rotatable bonds is 5. The van der Waals surface area contributed by atoms with Crippen LogP contribution in [-0.4, -0.2) is 11.6 Å². The van der Waals surface area contributed by atoms with Crippen LogP contribution in [0.4, 0.5) is 5.69 Å². The summed E-state index contributed by atoms with van der Waals surface area (Å²) in [6.07, 6.45) is 3.01. The number of nitrogen functional groups attached to an aromatic ring is 1. The largest absolute Gasteiger partial charge is 0.478 e. The Balaban J connectivity index is 1.86. The Hall–Kier alpha value is -3.06. The van der Waals surface area contributed by atoms with Crippen LogP contribution in [0.2, 0.25) is 0 Å². The zero-order chi connectivity index (χ0) is 16.1. The molecule has 23 heavy (non-hydrogen) atoms. The van der Waals surface area contributed by atoms with Gasteiger partial charge >= 0.3 is 0 Å². The lowest BCUT2D eigenvalue weighted by atomic mass is 9.98. The second-order valence-corrected chi connectivity index (χ2v) is 5.24. The molecule has 0 unspecified atom stereocenters. The van der Waals surface area contributed by atoms with E-state index < -0.39 is 0 Å². The van der Waals surface area contributed by atoms with Crippen LogP contribution in [-0.2, 0) is 0 Å². The molecule has 0 aliphatic heterocycles. The van der Waals surface area contributed by atoms with Crippen molar-refractivity contribution in [3.8, 4) is 23.1 Å². The van der Waals surface area contributed by atoms with Gasteiger partial charge in [-0.15, -0.1) is 0 Å². The lowest BCUT2D eigenvalue weighted by Crippen LogP contribution is -1.98. The number of benzene rings is 2. The van der Waals surface area contributed by atoms with E-state index in [9.17, 15) is 0 Å².